The average Bonchev–Trinajstić information content (AvgIpc) is 2.84. The van der Waals surface area contributed by atoms with E-state index >= 15 is 0 Å². The summed E-state index contributed by atoms with van der Waals surface area (Å²) in [5.41, 5.74) is 3.52. The molecule has 3 aromatic carbocycles. The lowest BCUT2D eigenvalue weighted by molar-refractivity contribution is -0.124. The highest BCUT2D eigenvalue weighted by Crippen LogP contribution is 2.29. The van der Waals surface area contributed by atoms with E-state index in [4.69, 9.17) is 4.74 Å². The molecule has 1 atom stereocenters. The molecule has 1 aliphatic rings. The topological polar surface area (TPSA) is 84.5 Å². The zero-order chi connectivity index (χ0) is 23.1. The van der Waals surface area contributed by atoms with Crippen LogP contribution in [-0.2, 0) is 27.7 Å². The van der Waals surface area contributed by atoms with Crippen molar-refractivity contribution in [2.45, 2.75) is 36.6 Å². The van der Waals surface area contributed by atoms with Crippen molar-refractivity contribution in [1.29, 1.82) is 0 Å². The largest absolute Gasteiger partial charge is 0.484 e. The number of nitrogens with one attached hydrogen (secondary N) is 2. The molecule has 6 nitrogen and oxygen atoms in total. The van der Waals surface area contributed by atoms with E-state index in [-0.39, 0.29) is 23.5 Å². The van der Waals surface area contributed by atoms with Crippen LogP contribution in [0.1, 0.15) is 35.6 Å². The zero-order valence-corrected chi connectivity index (χ0v) is 19.2. The van der Waals surface area contributed by atoms with Crippen LogP contribution in [0.2, 0.25) is 0 Å². The number of aryl methyl sites for hydroxylation is 1. The Kier molecular flexibility index (Phi) is 7.42. The van der Waals surface area contributed by atoms with Crippen molar-refractivity contribution in [3.8, 4) is 5.75 Å². The van der Waals surface area contributed by atoms with Crippen molar-refractivity contribution in [2.75, 3.05) is 13.2 Å². The summed E-state index contributed by atoms with van der Waals surface area (Å²) in [7, 11) is -3.61. The molecule has 0 bridgehead atoms. The van der Waals surface area contributed by atoms with Crippen LogP contribution in [0, 0.1) is 0 Å². The van der Waals surface area contributed by atoms with Crippen LogP contribution in [-0.4, -0.2) is 27.5 Å². The summed E-state index contributed by atoms with van der Waals surface area (Å²) >= 11 is 0. The van der Waals surface area contributed by atoms with Crippen LogP contribution < -0.4 is 14.8 Å². The first-order valence-electron chi connectivity index (χ1n) is 11.1. The van der Waals surface area contributed by atoms with Crippen molar-refractivity contribution in [1.82, 2.24) is 10.0 Å². The Hall–Kier alpha value is -3.16. The summed E-state index contributed by atoms with van der Waals surface area (Å²) in [6.07, 6.45) is 3.60. The molecule has 4 rings (SSSR count). The van der Waals surface area contributed by atoms with Crippen molar-refractivity contribution in [3.05, 3.63) is 95.6 Å². The van der Waals surface area contributed by atoms with E-state index in [0.29, 0.717) is 18.7 Å². The molecule has 0 spiro atoms. The van der Waals surface area contributed by atoms with Crippen molar-refractivity contribution in [3.63, 3.8) is 0 Å². The van der Waals surface area contributed by atoms with Crippen LogP contribution in [0.25, 0.3) is 0 Å². The normalized spacial score (nSPS) is 15.5. The van der Waals surface area contributed by atoms with E-state index in [0.717, 1.165) is 24.8 Å². The molecule has 2 N–H and O–H groups in total. The van der Waals surface area contributed by atoms with Gasteiger partial charge in [0.05, 0.1) is 10.9 Å². The number of amides is 1. The van der Waals surface area contributed by atoms with Gasteiger partial charge in [0.25, 0.3) is 5.91 Å². The maximum Gasteiger partial charge on any atom is 0.258 e. The van der Waals surface area contributed by atoms with E-state index in [9.17, 15) is 13.2 Å². The maximum absolute atomic E-state index is 12.5. The SMILES string of the molecule is O=C(COc1ccc(S(=O)(=O)NCCc2ccccc2)cc1)N[C@@H]1CCCc2ccccc21. The molecular weight excluding hydrogens is 436 g/mol. The molecule has 7 heteroatoms. The molecule has 0 heterocycles. The second-order valence-corrected chi connectivity index (χ2v) is 9.87. The van der Waals surface area contributed by atoms with Crippen LogP contribution in [0.15, 0.2) is 83.8 Å². The van der Waals surface area contributed by atoms with Gasteiger partial charge in [-0.2, -0.15) is 0 Å². The van der Waals surface area contributed by atoms with Crippen molar-refractivity contribution in [2.24, 2.45) is 0 Å². The van der Waals surface area contributed by atoms with Crippen LogP contribution >= 0.6 is 0 Å². The Morgan fingerprint density at radius 2 is 1.67 bits per heavy atom. The van der Waals surface area contributed by atoms with Gasteiger partial charge in [-0.05, 0) is 66.6 Å². The van der Waals surface area contributed by atoms with Gasteiger partial charge in [0.1, 0.15) is 5.75 Å². The Balaban J connectivity index is 1.26. The van der Waals surface area contributed by atoms with E-state index in [1.54, 1.807) is 12.1 Å². The fourth-order valence-corrected chi connectivity index (χ4v) is 5.09. The molecule has 0 aromatic heterocycles. The summed E-state index contributed by atoms with van der Waals surface area (Å²) in [6, 6.07) is 24.0. The quantitative estimate of drug-likeness (QED) is 0.505. The minimum atomic E-state index is -3.61. The second-order valence-electron chi connectivity index (χ2n) is 8.10. The van der Waals surface area contributed by atoms with Crippen LogP contribution in [0.3, 0.4) is 0 Å². The molecule has 0 unspecified atom stereocenters. The van der Waals surface area contributed by atoms with E-state index < -0.39 is 10.0 Å². The fraction of sp³-hybridized carbons (Fsp3) is 0.269. The number of fused-ring (bicyclic) bond motifs is 1. The summed E-state index contributed by atoms with van der Waals surface area (Å²) in [4.78, 5) is 12.6. The monoisotopic (exact) mass is 464 g/mol. The molecule has 1 amide bonds. The van der Waals surface area contributed by atoms with Gasteiger partial charge in [0, 0.05) is 6.54 Å². The molecular formula is C26H28N2O4S. The molecule has 3 aromatic rings. The predicted octanol–water partition coefficient (Wildman–Crippen LogP) is 3.78. The number of benzene rings is 3. The maximum atomic E-state index is 12.5. The highest BCUT2D eigenvalue weighted by Gasteiger charge is 2.21. The third-order valence-corrected chi connectivity index (χ3v) is 7.23. The number of hydrogen-bond donors (Lipinski definition) is 2. The number of sulfonamides is 1. The minimum absolute atomic E-state index is 0.000490. The van der Waals surface area contributed by atoms with Gasteiger partial charge in [-0.1, -0.05) is 54.6 Å². The fourth-order valence-electron chi connectivity index (χ4n) is 4.06. The molecule has 0 aliphatic heterocycles. The Morgan fingerprint density at radius 1 is 0.939 bits per heavy atom. The first-order chi connectivity index (χ1) is 16.0. The third kappa shape index (κ3) is 6.21. The average molecular weight is 465 g/mol. The van der Waals surface area contributed by atoms with Gasteiger partial charge < -0.3 is 10.1 Å². The summed E-state index contributed by atoms with van der Waals surface area (Å²) in [5, 5.41) is 3.05. The van der Waals surface area contributed by atoms with Gasteiger partial charge in [-0.25, -0.2) is 13.1 Å². The zero-order valence-electron chi connectivity index (χ0n) is 18.4. The first-order valence-corrected chi connectivity index (χ1v) is 12.6. The lowest BCUT2D eigenvalue weighted by atomic mass is 9.88. The molecule has 1 aliphatic carbocycles. The first kappa shape index (κ1) is 23.0. The number of carbonyl (C=O) groups is 1. The Bertz CT molecular complexity index is 1180. The summed E-state index contributed by atoms with van der Waals surface area (Å²) < 4.78 is 33.2. The van der Waals surface area contributed by atoms with Gasteiger partial charge in [0.2, 0.25) is 10.0 Å². The summed E-state index contributed by atoms with van der Waals surface area (Å²) in [5.74, 6) is 0.244. The highest BCUT2D eigenvalue weighted by atomic mass is 32.2. The third-order valence-electron chi connectivity index (χ3n) is 5.76. The molecule has 0 radical (unpaired) electrons. The molecule has 0 saturated heterocycles. The van der Waals surface area contributed by atoms with E-state index in [2.05, 4.69) is 22.2 Å². The predicted molar refractivity (Wildman–Crippen MR) is 128 cm³/mol. The molecule has 0 saturated carbocycles. The smallest absolute Gasteiger partial charge is 0.258 e. The van der Waals surface area contributed by atoms with Gasteiger partial charge in [0.15, 0.2) is 6.61 Å². The van der Waals surface area contributed by atoms with Gasteiger partial charge in [-0.15, -0.1) is 0 Å². The second kappa shape index (κ2) is 10.6. The van der Waals surface area contributed by atoms with Crippen LogP contribution in [0.5, 0.6) is 5.75 Å². The molecule has 33 heavy (non-hydrogen) atoms. The lowest BCUT2D eigenvalue weighted by Gasteiger charge is -2.26. The highest BCUT2D eigenvalue weighted by molar-refractivity contribution is 7.89. The standard InChI is InChI=1S/C26H28N2O4S/c29-26(28-25-12-6-10-21-9-4-5-11-24(21)25)19-32-22-13-15-23(16-14-22)33(30,31)27-18-17-20-7-2-1-3-8-20/h1-5,7-9,11,13-16,25,27H,6,10,12,17-19H2,(H,28,29)/t25-/m1/s1. The number of hydrogen-bond acceptors (Lipinski definition) is 4. The van der Waals surface area contributed by atoms with E-state index in [1.165, 1.54) is 23.3 Å². The minimum Gasteiger partial charge on any atom is -0.484 e. The Morgan fingerprint density at radius 3 is 2.45 bits per heavy atom. The van der Waals surface area contributed by atoms with Crippen molar-refractivity contribution >= 4 is 15.9 Å². The number of ether oxygens (including phenoxy) is 1. The number of rotatable bonds is 9. The summed E-state index contributed by atoms with van der Waals surface area (Å²) in [6.45, 7) is 0.190. The van der Waals surface area contributed by atoms with Gasteiger partial charge in [-0.3, -0.25) is 4.79 Å². The molecule has 172 valence electrons. The van der Waals surface area contributed by atoms with Crippen LogP contribution in [0.4, 0.5) is 0 Å². The van der Waals surface area contributed by atoms with E-state index in [1.807, 2.05) is 42.5 Å². The van der Waals surface area contributed by atoms with Gasteiger partial charge >= 0.3 is 0 Å². The van der Waals surface area contributed by atoms with Crippen molar-refractivity contribution < 1.29 is 17.9 Å². The lowest BCUT2D eigenvalue weighted by Crippen LogP contribution is -2.34. The molecule has 0 fully saturated rings. The Labute approximate surface area is 195 Å². The number of carbonyl (C=O) groups excluding carboxylic acids is 1.